The van der Waals surface area contributed by atoms with Crippen molar-refractivity contribution in [2.75, 3.05) is 12.3 Å². The number of aliphatic carboxylic acids is 1. The highest BCUT2D eigenvalue weighted by molar-refractivity contribution is 7.99. The molecule has 0 spiro atoms. The predicted octanol–water partition coefficient (Wildman–Crippen LogP) is -2.24. The molecule has 0 radical (unpaired) electrons. The fourth-order valence-electron chi connectivity index (χ4n) is 4.30. The van der Waals surface area contributed by atoms with Crippen molar-refractivity contribution < 1.29 is 44.7 Å². The van der Waals surface area contributed by atoms with Crippen molar-refractivity contribution in [3.05, 3.63) is 0 Å². The number of thioether (sulfide) groups is 1. The molecule has 2 heterocycles. The number of hydrogen-bond donors (Lipinski definition) is 8. The molecule has 2 amide bonds. The van der Waals surface area contributed by atoms with Gasteiger partial charge in [-0.25, -0.2) is 4.79 Å². The minimum atomic E-state index is -1.67. The Morgan fingerprint density at radius 2 is 1.82 bits per heavy atom. The highest BCUT2D eigenvalue weighted by Gasteiger charge is 2.49. The third-order valence-corrected chi connectivity index (χ3v) is 7.37. The smallest absolute Gasteiger partial charge is 0.327 e. The highest BCUT2D eigenvalue weighted by Crippen LogP contribution is 2.31. The Labute approximate surface area is 202 Å². The number of carboxylic acid groups (broad SMARTS) is 1. The molecule has 2 rings (SSSR count). The number of aliphatic hydroxyl groups is 4. The Kier molecular flexibility index (Phi) is 11.0. The van der Waals surface area contributed by atoms with Crippen molar-refractivity contribution in [2.45, 2.75) is 94.1 Å². The van der Waals surface area contributed by atoms with Gasteiger partial charge in [0.1, 0.15) is 35.9 Å². The van der Waals surface area contributed by atoms with Gasteiger partial charge in [0, 0.05) is 12.7 Å². The van der Waals surface area contributed by atoms with Crippen molar-refractivity contribution >= 4 is 29.5 Å². The lowest BCUT2D eigenvalue weighted by atomic mass is 9.92. The third-order valence-electron chi connectivity index (χ3n) is 6.13. The predicted molar refractivity (Wildman–Crippen MR) is 123 cm³/mol. The molecule has 0 aliphatic carbocycles. The number of carboxylic acids is 1. The summed E-state index contributed by atoms with van der Waals surface area (Å²) in [6.07, 6.45) is -4.69. The van der Waals surface area contributed by atoms with E-state index in [0.717, 1.165) is 24.6 Å². The number of hydrogen-bond acceptors (Lipinski definition) is 10. The van der Waals surface area contributed by atoms with Crippen LogP contribution in [-0.2, 0) is 19.1 Å². The minimum absolute atomic E-state index is 0.192. The number of nitrogens with one attached hydrogen (secondary N) is 3. The first kappa shape index (κ1) is 28.8. The van der Waals surface area contributed by atoms with Gasteiger partial charge in [0.2, 0.25) is 11.8 Å². The average molecular weight is 508 g/mol. The quantitative estimate of drug-likeness (QED) is 0.150. The van der Waals surface area contributed by atoms with E-state index in [4.69, 9.17) is 4.74 Å². The van der Waals surface area contributed by atoms with Crippen molar-refractivity contribution in [1.29, 1.82) is 0 Å². The summed E-state index contributed by atoms with van der Waals surface area (Å²) >= 11 is 0.827. The van der Waals surface area contributed by atoms with Crippen molar-refractivity contribution in [3.63, 3.8) is 0 Å². The van der Waals surface area contributed by atoms with E-state index in [1.54, 1.807) is 0 Å². The maximum atomic E-state index is 12.8. The summed E-state index contributed by atoms with van der Waals surface area (Å²) in [5.41, 5.74) is -1.18. The first-order valence-corrected chi connectivity index (χ1v) is 12.5. The number of rotatable bonds is 11. The van der Waals surface area contributed by atoms with Crippen LogP contribution in [0.15, 0.2) is 0 Å². The average Bonchev–Trinajstić information content (AvgIpc) is 3.23. The number of carbonyl (C=O) groups is 3. The molecule has 0 aromatic heterocycles. The highest BCUT2D eigenvalue weighted by atomic mass is 32.2. The van der Waals surface area contributed by atoms with Crippen molar-refractivity contribution in [2.24, 2.45) is 5.92 Å². The van der Waals surface area contributed by atoms with Crippen LogP contribution in [0.4, 0.5) is 0 Å². The Morgan fingerprint density at radius 3 is 2.38 bits per heavy atom. The van der Waals surface area contributed by atoms with Gasteiger partial charge in [-0.1, -0.05) is 13.3 Å². The van der Waals surface area contributed by atoms with Crippen LogP contribution >= 0.6 is 11.8 Å². The molecule has 2 aliphatic heterocycles. The summed E-state index contributed by atoms with van der Waals surface area (Å²) in [5, 5.41) is 59.0. The second-order valence-electron chi connectivity index (χ2n) is 8.99. The van der Waals surface area contributed by atoms with E-state index < -0.39 is 66.0 Å². The molecular weight excluding hydrogens is 470 g/mol. The molecule has 12 nitrogen and oxygen atoms in total. The molecule has 0 saturated carbocycles. The number of ether oxygens (including phenoxy) is 1. The molecule has 0 aromatic rings. The third kappa shape index (κ3) is 7.51. The SMILES string of the molecule is CCCC1CN[C@H](C(=O)N[C@@H](C2O[C@H](SC[C@H](NC(C)=O)C(=O)O)C(O)C(O)[C@H]2O)[C@@H](C)O)C1. The van der Waals surface area contributed by atoms with Gasteiger partial charge >= 0.3 is 5.97 Å². The van der Waals surface area contributed by atoms with Crippen LogP contribution in [0.3, 0.4) is 0 Å². The second kappa shape index (κ2) is 13.0. The molecule has 196 valence electrons. The van der Waals surface area contributed by atoms with Crippen molar-refractivity contribution in [1.82, 2.24) is 16.0 Å². The first-order chi connectivity index (χ1) is 16.0. The molecule has 2 aliphatic rings. The zero-order valence-electron chi connectivity index (χ0n) is 19.6. The van der Waals surface area contributed by atoms with Gasteiger partial charge in [0.25, 0.3) is 0 Å². The van der Waals surface area contributed by atoms with Gasteiger partial charge in [0.05, 0.1) is 18.2 Å². The molecular formula is C21H37N3O9S. The molecule has 8 N–H and O–H groups in total. The maximum Gasteiger partial charge on any atom is 0.327 e. The van der Waals surface area contributed by atoms with E-state index in [1.807, 2.05) is 0 Å². The van der Waals surface area contributed by atoms with E-state index in [1.165, 1.54) is 13.8 Å². The largest absolute Gasteiger partial charge is 0.480 e. The molecule has 2 saturated heterocycles. The summed E-state index contributed by atoms with van der Waals surface area (Å²) < 4.78 is 5.77. The molecule has 10 atom stereocenters. The van der Waals surface area contributed by atoms with Gasteiger partial charge in [0.15, 0.2) is 0 Å². The summed E-state index contributed by atoms with van der Waals surface area (Å²) in [6.45, 7) is 5.35. The minimum Gasteiger partial charge on any atom is -0.480 e. The lowest BCUT2D eigenvalue weighted by Gasteiger charge is -2.44. The molecule has 13 heteroatoms. The topological polar surface area (TPSA) is 198 Å². The summed E-state index contributed by atoms with van der Waals surface area (Å²) in [6, 6.07) is -2.84. The number of aliphatic hydroxyl groups excluding tert-OH is 4. The standard InChI is InChI=1S/C21H37N3O9S/c1-4-5-11-6-12(22-7-11)19(30)24-14(9(2)25)18-16(28)15(27)17(29)21(33-18)34-8-13(20(31)32)23-10(3)26/h9,11-18,21-22,25,27-29H,4-8H2,1-3H3,(H,23,26)(H,24,30)(H,31,32)/t9-,11?,12+,13+,14-,15?,16-,17?,18?,21-/m1/s1. The summed E-state index contributed by atoms with van der Waals surface area (Å²) in [7, 11) is 0. The van der Waals surface area contributed by atoms with Crippen LogP contribution in [0.25, 0.3) is 0 Å². The van der Waals surface area contributed by atoms with Gasteiger partial charge in [-0.15, -0.1) is 11.8 Å². The molecule has 2 fully saturated rings. The normalized spacial score (nSPS) is 34.1. The van der Waals surface area contributed by atoms with Crippen LogP contribution < -0.4 is 16.0 Å². The van der Waals surface area contributed by atoms with Crippen LogP contribution in [0.2, 0.25) is 0 Å². The lowest BCUT2D eigenvalue weighted by Crippen LogP contribution is -2.65. The van der Waals surface area contributed by atoms with E-state index in [0.29, 0.717) is 18.9 Å². The zero-order chi connectivity index (χ0) is 25.6. The van der Waals surface area contributed by atoms with Crippen LogP contribution in [0.1, 0.15) is 40.0 Å². The van der Waals surface area contributed by atoms with Gasteiger partial charge in [-0.2, -0.15) is 0 Å². The zero-order valence-corrected chi connectivity index (χ0v) is 20.4. The van der Waals surface area contributed by atoms with Gasteiger partial charge < -0.3 is 46.2 Å². The molecule has 0 aromatic carbocycles. The monoisotopic (exact) mass is 507 g/mol. The van der Waals surface area contributed by atoms with Gasteiger partial charge in [-0.3, -0.25) is 9.59 Å². The summed E-state index contributed by atoms with van der Waals surface area (Å²) in [4.78, 5) is 35.4. The first-order valence-electron chi connectivity index (χ1n) is 11.5. The Morgan fingerprint density at radius 1 is 1.15 bits per heavy atom. The van der Waals surface area contributed by atoms with E-state index in [9.17, 15) is 39.9 Å². The Bertz CT molecular complexity index is 713. The lowest BCUT2D eigenvalue weighted by molar-refractivity contribution is -0.211. The van der Waals surface area contributed by atoms with E-state index in [-0.39, 0.29) is 11.7 Å². The van der Waals surface area contributed by atoms with Crippen LogP contribution in [-0.4, -0.2) is 110 Å². The Hall–Kier alpha value is -1.48. The molecule has 4 unspecified atom stereocenters. The van der Waals surface area contributed by atoms with Crippen LogP contribution in [0.5, 0.6) is 0 Å². The van der Waals surface area contributed by atoms with Crippen molar-refractivity contribution in [3.8, 4) is 0 Å². The second-order valence-corrected chi connectivity index (χ2v) is 10.1. The van der Waals surface area contributed by atoms with Crippen LogP contribution in [0, 0.1) is 5.92 Å². The number of carbonyl (C=O) groups excluding carboxylic acids is 2. The Balaban J connectivity index is 2.09. The number of amides is 2. The fraction of sp³-hybridized carbons (Fsp3) is 0.857. The molecule has 34 heavy (non-hydrogen) atoms. The van der Waals surface area contributed by atoms with E-state index in [2.05, 4.69) is 22.9 Å². The molecule has 0 bridgehead atoms. The fourth-order valence-corrected chi connectivity index (χ4v) is 5.47. The summed E-state index contributed by atoms with van der Waals surface area (Å²) in [5.74, 6) is -2.04. The van der Waals surface area contributed by atoms with Gasteiger partial charge in [-0.05, 0) is 32.2 Å². The van der Waals surface area contributed by atoms with E-state index >= 15 is 0 Å². The maximum absolute atomic E-state index is 12.8.